The van der Waals surface area contributed by atoms with Crippen molar-refractivity contribution in [3.63, 3.8) is 0 Å². The van der Waals surface area contributed by atoms with Crippen LogP contribution >= 0.6 is 11.6 Å². The van der Waals surface area contributed by atoms with Crippen LogP contribution in [0.2, 0.25) is 5.28 Å². The topological polar surface area (TPSA) is 81.8 Å². The number of hydrogen-bond acceptors (Lipinski definition) is 5. The van der Waals surface area contributed by atoms with E-state index in [2.05, 4.69) is 15.0 Å². The van der Waals surface area contributed by atoms with Gasteiger partial charge in [-0.1, -0.05) is 0 Å². The molecule has 2 aromatic heterocycles. The average Bonchev–Trinajstić information content (AvgIpc) is 2.30. The van der Waals surface area contributed by atoms with Gasteiger partial charge in [0, 0.05) is 30.2 Å². The van der Waals surface area contributed by atoms with Crippen LogP contribution in [0.5, 0.6) is 0 Å². The van der Waals surface area contributed by atoms with E-state index in [-0.39, 0.29) is 16.7 Å². The molecule has 0 aliphatic carbocycles. The smallest absolute Gasteiger partial charge is 0.258 e. The number of hydrogen-bond donors (Lipinski definition) is 0. The van der Waals surface area contributed by atoms with Crippen LogP contribution in [0.1, 0.15) is 0 Å². The van der Waals surface area contributed by atoms with E-state index in [1.165, 1.54) is 30.7 Å². The Morgan fingerprint density at radius 2 is 1.94 bits per heavy atom. The lowest BCUT2D eigenvalue weighted by molar-refractivity contribution is -0.384. The fourth-order valence-electron chi connectivity index (χ4n) is 1.20. The van der Waals surface area contributed by atoms with Crippen LogP contribution < -0.4 is 0 Å². The fourth-order valence-corrected chi connectivity index (χ4v) is 1.30. The molecule has 0 bridgehead atoms. The second kappa shape index (κ2) is 4.19. The van der Waals surface area contributed by atoms with Crippen LogP contribution in [0.3, 0.4) is 0 Å². The van der Waals surface area contributed by atoms with E-state index in [9.17, 15) is 10.1 Å². The molecule has 0 N–H and O–H groups in total. The summed E-state index contributed by atoms with van der Waals surface area (Å²) < 4.78 is 0. The second-order valence-electron chi connectivity index (χ2n) is 2.87. The van der Waals surface area contributed by atoms with Crippen LogP contribution in [0, 0.1) is 10.1 Å². The normalized spacial score (nSPS) is 10.1. The van der Waals surface area contributed by atoms with Gasteiger partial charge in [-0.25, -0.2) is 15.0 Å². The van der Waals surface area contributed by atoms with Gasteiger partial charge in [0.2, 0.25) is 5.28 Å². The number of halogens is 1. The summed E-state index contributed by atoms with van der Waals surface area (Å²) in [5.74, 6) is 0. The van der Waals surface area contributed by atoms with E-state index >= 15 is 0 Å². The maximum atomic E-state index is 10.8. The Morgan fingerprint density at radius 3 is 2.56 bits per heavy atom. The molecule has 80 valence electrons. The molecule has 6 nitrogen and oxygen atoms in total. The molecule has 0 unspecified atom stereocenters. The Hall–Kier alpha value is -2.08. The lowest BCUT2D eigenvalue weighted by Gasteiger charge is -2.00. The lowest BCUT2D eigenvalue weighted by Crippen LogP contribution is -1.95. The molecule has 0 aliphatic rings. The highest BCUT2D eigenvalue weighted by Crippen LogP contribution is 2.25. The minimum atomic E-state index is -0.503. The van der Waals surface area contributed by atoms with Crippen molar-refractivity contribution in [2.75, 3.05) is 0 Å². The van der Waals surface area contributed by atoms with E-state index in [0.29, 0.717) is 5.56 Å². The van der Waals surface area contributed by atoms with Gasteiger partial charge in [-0.3, -0.25) is 10.1 Å². The molecule has 7 heteroatoms. The Balaban J connectivity index is 2.55. The number of nitro groups is 1. The summed E-state index contributed by atoms with van der Waals surface area (Å²) in [4.78, 5) is 21.7. The van der Waals surface area contributed by atoms with E-state index in [1.54, 1.807) is 0 Å². The largest absolute Gasteiger partial charge is 0.295 e. The van der Waals surface area contributed by atoms with E-state index in [1.807, 2.05) is 0 Å². The summed E-state index contributed by atoms with van der Waals surface area (Å²) in [6, 6.07) is 2.87. The quantitative estimate of drug-likeness (QED) is 0.453. The minimum Gasteiger partial charge on any atom is -0.258 e. The Bertz CT molecular complexity index is 529. The number of rotatable bonds is 2. The third-order valence-electron chi connectivity index (χ3n) is 1.88. The third-order valence-corrected chi connectivity index (χ3v) is 2.07. The van der Waals surface area contributed by atoms with Gasteiger partial charge in [0.1, 0.15) is 0 Å². The zero-order valence-electron chi connectivity index (χ0n) is 7.87. The van der Waals surface area contributed by atoms with E-state index < -0.39 is 4.92 Å². The molecule has 2 aromatic rings. The molecule has 16 heavy (non-hydrogen) atoms. The van der Waals surface area contributed by atoms with Crippen molar-refractivity contribution < 1.29 is 4.92 Å². The first-order valence-corrected chi connectivity index (χ1v) is 4.63. The molecule has 0 aromatic carbocycles. The van der Waals surface area contributed by atoms with Crippen LogP contribution in [0.25, 0.3) is 11.3 Å². The van der Waals surface area contributed by atoms with Gasteiger partial charge in [-0.05, 0) is 17.7 Å². The van der Waals surface area contributed by atoms with Crippen molar-refractivity contribution in [1.29, 1.82) is 0 Å². The summed E-state index contributed by atoms with van der Waals surface area (Å²) >= 11 is 5.52. The highest BCUT2D eigenvalue weighted by atomic mass is 35.5. The number of nitrogens with zero attached hydrogens (tertiary/aromatic N) is 4. The van der Waals surface area contributed by atoms with Crippen molar-refractivity contribution >= 4 is 17.3 Å². The zero-order chi connectivity index (χ0) is 11.5. The molecule has 0 fully saturated rings. The lowest BCUT2D eigenvalue weighted by atomic mass is 10.2. The summed E-state index contributed by atoms with van der Waals surface area (Å²) in [7, 11) is 0. The first-order chi connectivity index (χ1) is 7.68. The molecule has 0 aliphatic heterocycles. The highest BCUT2D eigenvalue weighted by Gasteiger charge is 2.16. The SMILES string of the molecule is O=[N+]([O-])c1cccnc1-c1cnc(Cl)nc1. The van der Waals surface area contributed by atoms with Gasteiger partial charge in [0.15, 0.2) is 5.69 Å². The second-order valence-corrected chi connectivity index (χ2v) is 3.21. The first kappa shape index (κ1) is 10.4. The number of aromatic nitrogens is 3. The maximum absolute atomic E-state index is 10.8. The predicted octanol–water partition coefficient (Wildman–Crippen LogP) is 2.10. The van der Waals surface area contributed by atoms with Crippen LogP contribution in [0.4, 0.5) is 5.69 Å². The monoisotopic (exact) mass is 236 g/mol. The van der Waals surface area contributed by atoms with E-state index in [0.717, 1.165) is 0 Å². The van der Waals surface area contributed by atoms with Crippen LogP contribution in [0.15, 0.2) is 30.7 Å². The molecule has 2 heterocycles. The summed E-state index contributed by atoms with van der Waals surface area (Å²) in [6.45, 7) is 0. The molecule has 0 amide bonds. The Morgan fingerprint density at radius 1 is 1.25 bits per heavy atom. The van der Waals surface area contributed by atoms with Gasteiger partial charge < -0.3 is 0 Å². The Kier molecular flexibility index (Phi) is 2.74. The van der Waals surface area contributed by atoms with Crippen molar-refractivity contribution in [1.82, 2.24) is 15.0 Å². The summed E-state index contributed by atoms with van der Waals surface area (Å²) in [5.41, 5.74) is 0.592. The molecule has 0 saturated carbocycles. The standard InChI is InChI=1S/C9H5ClN4O2/c10-9-12-4-6(5-13-9)8-7(14(15)16)2-1-3-11-8/h1-5H. The van der Waals surface area contributed by atoms with Crippen molar-refractivity contribution in [3.8, 4) is 11.3 Å². The minimum absolute atomic E-state index is 0.0855. The Labute approximate surface area is 95.1 Å². The molecule has 0 spiro atoms. The average molecular weight is 237 g/mol. The van der Waals surface area contributed by atoms with Crippen molar-refractivity contribution in [2.45, 2.75) is 0 Å². The predicted molar refractivity (Wildman–Crippen MR) is 56.9 cm³/mol. The van der Waals surface area contributed by atoms with E-state index in [4.69, 9.17) is 11.6 Å². The molecular formula is C9H5ClN4O2. The fraction of sp³-hybridized carbons (Fsp3) is 0. The molecule has 2 rings (SSSR count). The summed E-state index contributed by atoms with van der Waals surface area (Å²) in [5, 5.41) is 10.8. The molecular weight excluding hydrogens is 232 g/mol. The van der Waals surface area contributed by atoms with Gasteiger partial charge in [-0.15, -0.1) is 0 Å². The van der Waals surface area contributed by atoms with Crippen molar-refractivity contribution in [3.05, 3.63) is 46.1 Å². The van der Waals surface area contributed by atoms with Gasteiger partial charge in [0.05, 0.1) is 4.92 Å². The van der Waals surface area contributed by atoms with Crippen LogP contribution in [-0.4, -0.2) is 19.9 Å². The highest BCUT2D eigenvalue weighted by molar-refractivity contribution is 6.28. The first-order valence-electron chi connectivity index (χ1n) is 4.26. The molecule has 0 radical (unpaired) electrons. The summed E-state index contributed by atoms with van der Waals surface area (Å²) in [6.07, 6.45) is 4.26. The van der Waals surface area contributed by atoms with Gasteiger partial charge in [-0.2, -0.15) is 0 Å². The molecule has 0 atom stereocenters. The molecule has 0 saturated heterocycles. The maximum Gasteiger partial charge on any atom is 0.295 e. The third kappa shape index (κ3) is 1.96. The van der Waals surface area contributed by atoms with Crippen LogP contribution in [-0.2, 0) is 0 Å². The number of pyridine rings is 1. The van der Waals surface area contributed by atoms with Gasteiger partial charge in [0.25, 0.3) is 5.69 Å². The van der Waals surface area contributed by atoms with Gasteiger partial charge >= 0.3 is 0 Å². The van der Waals surface area contributed by atoms with Crippen molar-refractivity contribution in [2.24, 2.45) is 0 Å². The zero-order valence-corrected chi connectivity index (χ0v) is 8.63.